The Morgan fingerprint density at radius 3 is 2.90 bits per heavy atom. The third-order valence-electron chi connectivity index (χ3n) is 3.39. The van der Waals surface area contributed by atoms with Crippen molar-refractivity contribution in [3.8, 4) is 16.9 Å². The molecule has 0 atom stereocenters. The van der Waals surface area contributed by atoms with Gasteiger partial charge in [-0.1, -0.05) is 12.1 Å². The third kappa shape index (κ3) is 1.86. The fourth-order valence-electron chi connectivity index (χ4n) is 2.46. The molecule has 0 radical (unpaired) electrons. The minimum Gasteiger partial charge on any atom is -0.497 e. The van der Waals surface area contributed by atoms with Crippen LogP contribution in [0.1, 0.15) is 10.4 Å². The zero-order valence-electron chi connectivity index (χ0n) is 11.3. The topological polar surface area (TPSA) is 44.1 Å². The molecule has 0 N–H and O–H groups in total. The highest BCUT2D eigenvalue weighted by molar-refractivity contribution is 6.04. The lowest BCUT2D eigenvalue weighted by atomic mass is 10.0. The van der Waals surface area contributed by atoms with Gasteiger partial charge in [0.25, 0.3) is 0 Å². The van der Waals surface area contributed by atoms with Crippen molar-refractivity contribution in [3.63, 3.8) is 0 Å². The molecule has 0 aliphatic rings. The summed E-state index contributed by atoms with van der Waals surface area (Å²) in [7, 11) is 3.53. The minimum atomic E-state index is 0.647. The summed E-state index contributed by atoms with van der Waals surface area (Å²) in [5, 5.41) is 0.873. The van der Waals surface area contributed by atoms with Gasteiger partial charge in [-0.15, -0.1) is 0 Å². The van der Waals surface area contributed by atoms with E-state index in [1.807, 2.05) is 41.9 Å². The monoisotopic (exact) mass is 266 g/mol. The van der Waals surface area contributed by atoms with E-state index in [9.17, 15) is 4.79 Å². The summed E-state index contributed by atoms with van der Waals surface area (Å²) in [6, 6.07) is 9.71. The second-order valence-electron chi connectivity index (χ2n) is 4.60. The van der Waals surface area contributed by atoms with Crippen molar-refractivity contribution in [2.75, 3.05) is 7.11 Å². The Balaban J connectivity index is 2.32. The first kappa shape index (κ1) is 12.4. The molecule has 0 amide bonds. The van der Waals surface area contributed by atoms with Crippen molar-refractivity contribution >= 4 is 17.3 Å². The van der Waals surface area contributed by atoms with Gasteiger partial charge in [-0.25, -0.2) is 4.98 Å². The number of hydrogen-bond acceptors (Lipinski definition) is 3. The number of aldehydes is 1. The predicted molar refractivity (Wildman–Crippen MR) is 78.1 cm³/mol. The van der Waals surface area contributed by atoms with Gasteiger partial charge in [0, 0.05) is 30.4 Å². The van der Waals surface area contributed by atoms with E-state index >= 15 is 0 Å². The van der Waals surface area contributed by atoms with E-state index in [1.165, 1.54) is 0 Å². The molecule has 2 aromatic heterocycles. The molecule has 0 unspecified atom stereocenters. The molecule has 0 spiro atoms. The van der Waals surface area contributed by atoms with Crippen molar-refractivity contribution < 1.29 is 9.53 Å². The van der Waals surface area contributed by atoms with Crippen molar-refractivity contribution in [1.82, 2.24) is 9.55 Å². The molecule has 0 aliphatic heterocycles. The van der Waals surface area contributed by atoms with Crippen LogP contribution in [0, 0.1) is 0 Å². The number of ether oxygens (including phenoxy) is 1. The Bertz CT molecular complexity index is 790. The Morgan fingerprint density at radius 2 is 2.15 bits per heavy atom. The molecular formula is C16H14N2O2. The smallest absolute Gasteiger partial charge is 0.152 e. The molecule has 3 aromatic rings. The maximum Gasteiger partial charge on any atom is 0.152 e. The van der Waals surface area contributed by atoms with Gasteiger partial charge in [-0.3, -0.25) is 4.79 Å². The number of benzene rings is 1. The molecule has 3 rings (SSSR count). The normalized spacial score (nSPS) is 10.7. The minimum absolute atomic E-state index is 0.647. The quantitative estimate of drug-likeness (QED) is 0.684. The molecule has 20 heavy (non-hydrogen) atoms. The van der Waals surface area contributed by atoms with Crippen LogP contribution in [0.4, 0.5) is 0 Å². The van der Waals surface area contributed by atoms with E-state index < -0.39 is 0 Å². The van der Waals surface area contributed by atoms with E-state index in [0.717, 1.165) is 34.2 Å². The zero-order valence-corrected chi connectivity index (χ0v) is 11.3. The zero-order chi connectivity index (χ0) is 14.1. The van der Waals surface area contributed by atoms with Gasteiger partial charge in [-0.2, -0.15) is 0 Å². The summed E-state index contributed by atoms with van der Waals surface area (Å²) in [4.78, 5) is 15.6. The first-order valence-electron chi connectivity index (χ1n) is 6.28. The number of aromatic nitrogens is 2. The molecule has 100 valence electrons. The highest BCUT2D eigenvalue weighted by Gasteiger charge is 2.13. The van der Waals surface area contributed by atoms with Crippen LogP contribution in [-0.2, 0) is 7.05 Å². The largest absolute Gasteiger partial charge is 0.497 e. The summed E-state index contributed by atoms with van der Waals surface area (Å²) in [5.74, 6) is 0.788. The van der Waals surface area contributed by atoms with Crippen molar-refractivity contribution in [1.29, 1.82) is 0 Å². The number of nitrogens with zero attached hydrogens (tertiary/aromatic N) is 2. The molecule has 0 fully saturated rings. The van der Waals surface area contributed by atoms with Gasteiger partial charge in [0.15, 0.2) is 6.29 Å². The fraction of sp³-hybridized carbons (Fsp3) is 0.125. The Labute approximate surface area is 116 Å². The lowest BCUT2D eigenvalue weighted by molar-refractivity contribution is 0.112. The SMILES string of the molecule is COc1cccc(-c2ccnc3c2c(C=O)cn3C)c1. The average molecular weight is 266 g/mol. The van der Waals surface area contributed by atoms with Crippen LogP contribution in [0.2, 0.25) is 0 Å². The number of carbonyl (C=O) groups is 1. The van der Waals surface area contributed by atoms with Crippen LogP contribution in [0.15, 0.2) is 42.7 Å². The van der Waals surface area contributed by atoms with E-state index in [1.54, 1.807) is 19.5 Å². The number of fused-ring (bicyclic) bond motifs is 1. The third-order valence-corrected chi connectivity index (χ3v) is 3.39. The Morgan fingerprint density at radius 1 is 1.30 bits per heavy atom. The van der Waals surface area contributed by atoms with Gasteiger partial charge in [0.2, 0.25) is 0 Å². The Hall–Kier alpha value is -2.62. The lowest BCUT2D eigenvalue weighted by Gasteiger charge is -2.07. The number of rotatable bonds is 3. The average Bonchev–Trinajstić information content (AvgIpc) is 2.84. The van der Waals surface area contributed by atoms with Crippen molar-refractivity contribution in [3.05, 3.63) is 48.3 Å². The maximum atomic E-state index is 11.3. The summed E-state index contributed by atoms with van der Waals surface area (Å²) in [5.41, 5.74) is 3.43. The van der Waals surface area contributed by atoms with Crippen molar-refractivity contribution in [2.24, 2.45) is 7.05 Å². The van der Waals surface area contributed by atoms with Crippen LogP contribution < -0.4 is 4.74 Å². The van der Waals surface area contributed by atoms with Gasteiger partial charge in [-0.05, 0) is 29.3 Å². The first-order chi connectivity index (χ1) is 9.74. The van der Waals surface area contributed by atoms with Crippen LogP contribution in [-0.4, -0.2) is 22.9 Å². The molecule has 0 aliphatic carbocycles. The van der Waals surface area contributed by atoms with Crippen LogP contribution in [0.5, 0.6) is 5.75 Å². The number of pyridine rings is 1. The Kier molecular flexibility index (Phi) is 2.99. The van der Waals surface area contributed by atoms with E-state index in [2.05, 4.69) is 4.98 Å². The number of carbonyl (C=O) groups excluding carboxylic acids is 1. The van der Waals surface area contributed by atoms with Gasteiger partial charge < -0.3 is 9.30 Å². The summed E-state index contributed by atoms with van der Waals surface area (Å²) < 4.78 is 7.12. The second-order valence-corrected chi connectivity index (χ2v) is 4.60. The second kappa shape index (κ2) is 4.81. The van der Waals surface area contributed by atoms with Crippen LogP contribution >= 0.6 is 0 Å². The highest BCUT2D eigenvalue weighted by Crippen LogP contribution is 2.32. The number of hydrogen-bond donors (Lipinski definition) is 0. The maximum absolute atomic E-state index is 11.3. The van der Waals surface area contributed by atoms with Crippen LogP contribution in [0.3, 0.4) is 0 Å². The first-order valence-corrected chi connectivity index (χ1v) is 6.28. The standard InChI is InChI=1S/C16H14N2O2/c1-18-9-12(10-19)15-14(6-7-17-16(15)18)11-4-3-5-13(8-11)20-2/h3-10H,1-2H3. The molecule has 1 aromatic carbocycles. The molecule has 4 heteroatoms. The summed E-state index contributed by atoms with van der Waals surface area (Å²) in [6.45, 7) is 0. The lowest BCUT2D eigenvalue weighted by Crippen LogP contribution is -1.89. The van der Waals surface area contributed by atoms with Crippen LogP contribution in [0.25, 0.3) is 22.2 Å². The molecule has 0 saturated carbocycles. The van der Waals surface area contributed by atoms with E-state index in [4.69, 9.17) is 4.74 Å². The fourth-order valence-corrected chi connectivity index (χ4v) is 2.46. The highest BCUT2D eigenvalue weighted by atomic mass is 16.5. The number of methoxy groups -OCH3 is 1. The summed E-state index contributed by atoms with van der Waals surface area (Å²) >= 11 is 0. The van der Waals surface area contributed by atoms with E-state index in [-0.39, 0.29) is 0 Å². The number of aryl methyl sites for hydroxylation is 1. The predicted octanol–water partition coefficient (Wildman–Crippen LogP) is 3.06. The van der Waals surface area contributed by atoms with E-state index in [0.29, 0.717) is 5.56 Å². The molecular weight excluding hydrogens is 252 g/mol. The van der Waals surface area contributed by atoms with Gasteiger partial charge >= 0.3 is 0 Å². The summed E-state index contributed by atoms with van der Waals surface area (Å²) in [6.07, 6.45) is 4.42. The van der Waals surface area contributed by atoms with Gasteiger partial charge in [0.1, 0.15) is 11.4 Å². The van der Waals surface area contributed by atoms with Crippen molar-refractivity contribution in [2.45, 2.75) is 0 Å². The molecule has 4 nitrogen and oxygen atoms in total. The van der Waals surface area contributed by atoms with Gasteiger partial charge in [0.05, 0.1) is 7.11 Å². The molecule has 2 heterocycles. The molecule has 0 saturated heterocycles. The molecule has 0 bridgehead atoms.